The number of aromatic nitrogens is 2. The van der Waals surface area contributed by atoms with E-state index < -0.39 is 12.0 Å². The first-order valence-corrected chi connectivity index (χ1v) is 15.8. The second-order valence-corrected chi connectivity index (χ2v) is 11.4. The van der Waals surface area contributed by atoms with Gasteiger partial charge >= 0.3 is 5.97 Å². The lowest BCUT2D eigenvalue weighted by molar-refractivity contribution is -0.146. The molecule has 12 heteroatoms. The van der Waals surface area contributed by atoms with Crippen molar-refractivity contribution in [2.45, 2.75) is 39.0 Å². The number of hydrogen-bond acceptors (Lipinski definition) is 9. The van der Waals surface area contributed by atoms with Gasteiger partial charge in [-0.2, -0.15) is 0 Å². The molecule has 0 amide bonds. The zero-order valence-electron chi connectivity index (χ0n) is 25.1. The van der Waals surface area contributed by atoms with Crippen molar-refractivity contribution in [2.75, 3.05) is 19.8 Å². The number of nitrogens with one attached hydrogen (secondary N) is 1. The fourth-order valence-electron chi connectivity index (χ4n) is 4.80. The summed E-state index contributed by atoms with van der Waals surface area (Å²) in [6.07, 6.45) is 1.25. The van der Waals surface area contributed by atoms with E-state index >= 15 is 0 Å². The predicted molar refractivity (Wildman–Crippen MR) is 183 cm³/mol. The second kappa shape index (κ2) is 17.3. The van der Waals surface area contributed by atoms with Gasteiger partial charge in [-0.3, -0.25) is 4.79 Å². The molecule has 1 aromatic heterocycles. The van der Waals surface area contributed by atoms with Gasteiger partial charge in [-0.05, 0) is 93.0 Å². The molecule has 242 valence electrons. The van der Waals surface area contributed by atoms with Crippen LogP contribution in [0.15, 0.2) is 88.0 Å². The summed E-state index contributed by atoms with van der Waals surface area (Å²) in [4.78, 5) is 12.0. The highest BCUT2D eigenvalue weighted by atomic mass is 79.9. The molecule has 9 nitrogen and oxygen atoms in total. The topological polar surface area (TPSA) is 116 Å². The lowest BCUT2D eigenvalue weighted by atomic mass is 10.0. The molecule has 0 aliphatic carbocycles. The Bertz CT molecular complexity index is 1740. The molecule has 0 radical (unpaired) electrons. The highest BCUT2D eigenvalue weighted by Gasteiger charge is 2.18. The van der Waals surface area contributed by atoms with Gasteiger partial charge in [-0.15, -0.1) is 12.4 Å². The maximum Gasteiger partial charge on any atom is 0.325 e. The molecule has 0 aliphatic heterocycles. The van der Waals surface area contributed by atoms with Gasteiger partial charge < -0.3 is 24.6 Å². The van der Waals surface area contributed by atoms with Gasteiger partial charge in [0.2, 0.25) is 0 Å². The van der Waals surface area contributed by atoms with Crippen LogP contribution < -0.4 is 14.8 Å². The van der Waals surface area contributed by atoms with Crippen molar-refractivity contribution in [2.24, 2.45) is 0 Å². The lowest BCUT2D eigenvalue weighted by Crippen LogP contribution is -2.41. The Hall–Kier alpha value is -3.67. The molecule has 4 aromatic carbocycles. The Balaban J connectivity index is 0.00000480. The first-order chi connectivity index (χ1) is 22.0. The SMILES string of the molecule is CCOC(=O)[C@@H](CO)NCCCc1cc(Cl)c(OCc2cccc(-c3ccccc3)c2Br)cc1OCc1ccc2nonc2c1.Cl. The van der Waals surface area contributed by atoms with Gasteiger partial charge in [0.15, 0.2) is 0 Å². The van der Waals surface area contributed by atoms with Crippen molar-refractivity contribution in [3.8, 4) is 22.6 Å². The van der Waals surface area contributed by atoms with Crippen LogP contribution >= 0.6 is 39.9 Å². The summed E-state index contributed by atoms with van der Waals surface area (Å²) in [5.74, 6) is 0.632. The standard InChI is InChI=1S/C34H33BrClN3O6.ClH/c1-2-42-34(41)30(19-40)37-15-7-11-24-17-27(36)32(18-31(24)43-20-22-13-14-28-29(16-22)39-45-38-28)44-21-25-10-6-12-26(33(25)35)23-8-4-3-5-9-23;/h3-6,8-10,12-14,16-18,30,37,40H,2,7,11,15,19-21H2,1H3;1H/t30-;/m1./s1. The molecular weight excluding hydrogens is 697 g/mol. The molecule has 2 N–H and O–H groups in total. The van der Waals surface area contributed by atoms with Crippen molar-refractivity contribution in [1.29, 1.82) is 0 Å². The fourth-order valence-corrected chi connectivity index (χ4v) is 5.65. The largest absolute Gasteiger partial charge is 0.488 e. The number of nitrogens with zero attached hydrogens (tertiary/aromatic N) is 2. The molecule has 0 aliphatic rings. The zero-order chi connectivity index (χ0) is 31.6. The van der Waals surface area contributed by atoms with Crippen molar-refractivity contribution in [1.82, 2.24) is 15.6 Å². The minimum absolute atomic E-state index is 0. The third-order valence-electron chi connectivity index (χ3n) is 7.14. The van der Waals surface area contributed by atoms with Gasteiger partial charge in [-0.1, -0.05) is 66.2 Å². The van der Waals surface area contributed by atoms with Crippen LogP contribution in [0.3, 0.4) is 0 Å². The quantitative estimate of drug-likeness (QED) is 0.0844. The van der Waals surface area contributed by atoms with E-state index in [1.54, 1.807) is 6.92 Å². The minimum Gasteiger partial charge on any atom is -0.488 e. The van der Waals surface area contributed by atoms with E-state index in [-0.39, 0.29) is 38.8 Å². The summed E-state index contributed by atoms with van der Waals surface area (Å²) >= 11 is 10.5. The maximum atomic E-state index is 12.0. The smallest absolute Gasteiger partial charge is 0.325 e. The van der Waals surface area contributed by atoms with E-state index in [1.165, 1.54) is 0 Å². The summed E-state index contributed by atoms with van der Waals surface area (Å²) in [5.41, 5.74) is 6.23. The predicted octanol–water partition coefficient (Wildman–Crippen LogP) is 7.33. The number of aryl methyl sites for hydroxylation is 1. The normalized spacial score (nSPS) is 11.6. The van der Waals surface area contributed by atoms with Gasteiger partial charge in [0.25, 0.3) is 0 Å². The summed E-state index contributed by atoms with van der Waals surface area (Å²) in [7, 11) is 0. The van der Waals surface area contributed by atoms with E-state index in [1.807, 2.05) is 60.7 Å². The van der Waals surface area contributed by atoms with Crippen molar-refractivity contribution in [3.05, 3.63) is 105 Å². The molecule has 0 unspecified atom stereocenters. The summed E-state index contributed by atoms with van der Waals surface area (Å²) < 4.78 is 23.3. The monoisotopic (exact) mass is 729 g/mol. The summed E-state index contributed by atoms with van der Waals surface area (Å²) in [5, 5.41) is 20.9. The number of fused-ring (bicyclic) bond motifs is 1. The van der Waals surface area contributed by atoms with Crippen molar-refractivity contribution >= 4 is 56.9 Å². The Morgan fingerprint density at radius 3 is 2.52 bits per heavy atom. The van der Waals surface area contributed by atoms with E-state index in [4.69, 9.17) is 30.4 Å². The highest BCUT2D eigenvalue weighted by Crippen LogP contribution is 2.36. The first kappa shape index (κ1) is 35.2. The fraction of sp³-hybridized carbons (Fsp3) is 0.265. The van der Waals surface area contributed by atoms with Crippen LogP contribution in [0.5, 0.6) is 11.5 Å². The maximum absolute atomic E-state index is 12.0. The van der Waals surface area contributed by atoms with E-state index in [2.05, 4.69) is 49.8 Å². The van der Waals surface area contributed by atoms with Crippen LogP contribution in [-0.2, 0) is 29.2 Å². The summed E-state index contributed by atoms with van der Waals surface area (Å²) in [6.45, 7) is 2.67. The average molecular weight is 731 g/mol. The van der Waals surface area contributed by atoms with Crippen molar-refractivity contribution < 1.29 is 28.7 Å². The number of ether oxygens (including phenoxy) is 3. The van der Waals surface area contributed by atoms with Crippen LogP contribution in [-0.4, -0.2) is 47.2 Å². The van der Waals surface area contributed by atoms with Crippen LogP contribution in [0.2, 0.25) is 5.02 Å². The van der Waals surface area contributed by atoms with E-state index in [0.717, 1.165) is 32.3 Å². The van der Waals surface area contributed by atoms with E-state index in [0.29, 0.717) is 46.9 Å². The number of aliphatic hydroxyl groups excluding tert-OH is 1. The first-order valence-electron chi connectivity index (χ1n) is 14.6. The van der Waals surface area contributed by atoms with Gasteiger partial charge in [-0.25, -0.2) is 4.63 Å². The van der Waals surface area contributed by atoms with Crippen LogP contribution in [0.1, 0.15) is 30.0 Å². The molecule has 1 heterocycles. The third-order valence-corrected chi connectivity index (χ3v) is 8.37. The molecule has 0 saturated heterocycles. The van der Waals surface area contributed by atoms with E-state index in [9.17, 15) is 9.90 Å². The Morgan fingerprint density at radius 2 is 1.74 bits per heavy atom. The molecule has 0 fully saturated rings. The number of aliphatic hydroxyl groups is 1. The number of rotatable bonds is 15. The molecule has 46 heavy (non-hydrogen) atoms. The third kappa shape index (κ3) is 8.98. The molecule has 1 atom stereocenters. The molecule has 0 bridgehead atoms. The summed E-state index contributed by atoms with van der Waals surface area (Å²) in [6, 6.07) is 24.7. The van der Waals surface area contributed by atoms with Gasteiger partial charge in [0, 0.05) is 16.1 Å². The number of esters is 1. The second-order valence-electron chi connectivity index (χ2n) is 10.2. The van der Waals surface area contributed by atoms with Crippen LogP contribution in [0.4, 0.5) is 0 Å². The zero-order valence-corrected chi connectivity index (χ0v) is 28.2. The van der Waals surface area contributed by atoms with Gasteiger partial charge in [0.05, 0.1) is 18.2 Å². The molecule has 5 rings (SSSR count). The number of carbonyl (C=O) groups is 1. The molecule has 5 aromatic rings. The Labute approximate surface area is 286 Å². The van der Waals surface area contributed by atoms with Crippen LogP contribution in [0.25, 0.3) is 22.2 Å². The average Bonchev–Trinajstić information content (AvgIpc) is 3.53. The number of benzene rings is 4. The Kier molecular flexibility index (Phi) is 13.2. The molecule has 0 saturated carbocycles. The number of hydrogen-bond donors (Lipinski definition) is 2. The van der Waals surface area contributed by atoms with Gasteiger partial charge in [0.1, 0.15) is 41.8 Å². The number of halogens is 3. The highest BCUT2D eigenvalue weighted by molar-refractivity contribution is 9.10. The molecule has 0 spiro atoms. The van der Waals surface area contributed by atoms with Crippen molar-refractivity contribution in [3.63, 3.8) is 0 Å². The lowest BCUT2D eigenvalue weighted by Gasteiger charge is -2.18. The molecular formula is C34H34BrCl2N3O6. The number of carbonyl (C=O) groups excluding carboxylic acids is 1. The minimum atomic E-state index is -0.777. The van der Waals surface area contributed by atoms with Crippen LogP contribution in [0, 0.1) is 0 Å². The Morgan fingerprint density at radius 1 is 0.957 bits per heavy atom.